The van der Waals surface area contributed by atoms with E-state index in [1.54, 1.807) is 0 Å². The number of aliphatic hydroxyl groups is 1. The third kappa shape index (κ3) is 3.17. The van der Waals surface area contributed by atoms with Crippen LogP contribution < -0.4 is 5.73 Å². The summed E-state index contributed by atoms with van der Waals surface area (Å²) >= 11 is 0. The van der Waals surface area contributed by atoms with Crippen molar-refractivity contribution in [2.75, 3.05) is 6.61 Å². The summed E-state index contributed by atoms with van der Waals surface area (Å²) in [5.41, 5.74) is 9.36. The zero-order valence-electron chi connectivity index (χ0n) is 8.25. The Morgan fingerprint density at radius 2 is 1.77 bits per heavy atom. The van der Waals surface area contributed by atoms with Crippen LogP contribution in [0.4, 0.5) is 0 Å². The third-order valence-electron chi connectivity index (χ3n) is 2.01. The number of rotatable bonds is 3. The molecule has 0 aromatic heterocycles. The first-order valence-electron chi connectivity index (χ1n) is 4.55. The van der Waals surface area contributed by atoms with E-state index < -0.39 is 0 Å². The molecule has 0 aliphatic heterocycles. The molecule has 0 unspecified atom stereocenters. The van der Waals surface area contributed by atoms with Gasteiger partial charge in [0.25, 0.3) is 0 Å². The van der Waals surface area contributed by atoms with Gasteiger partial charge >= 0.3 is 0 Å². The number of aryl methyl sites for hydroxylation is 2. The topological polar surface area (TPSA) is 46.2 Å². The van der Waals surface area contributed by atoms with Crippen molar-refractivity contribution in [1.29, 1.82) is 0 Å². The van der Waals surface area contributed by atoms with E-state index in [0.717, 1.165) is 6.42 Å². The lowest BCUT2D eigenvalue weighted by atomic mass is 10.0. The number of nitrogens with two attached hydrogens (primary N) is 1. The molecular weight excluding hydrogens is 162 g/mol. The Labute approximate surface area is 79.4 Å². The molecule has 2 nitrogen and oxygen atoms in total. The van der Waals surface area contributed by atoms with Crippen LogP contribution in [0.3, 0.4) is 0 Å². The molecule has 1 aromatic rings. The molecule has 0 spiro atoms. The fourth-order valence-electron chi connectivity index (χ4n) is 1.55. The molecule has 1 rings (SSSR count). The van der Waals surface area contributed by atoms with Gasteiger partial charge in [0.15, 0.2) is 0 Å². The normalized spacial score (nSPS) is 12.9. The van der Waals surface area contributed by atoms with Gasteiger partial charge in [-0.3, -0.25) is 0 Å². The smallest absolute Gasteiger partial charge is 0.0585 e. The molecule has 0 saturated carbocycles. The van der Waals surface area contributed by atoms with Crippen LogP contribution in [0.1, 0.15) is 16.7 Å². The van der Waals surface area contributed by atoms with Gasteiger partial charge in [-0.05, 0) is 25.8 Å². The first-order chi connectivity index (χ1) is 6.11. The molecule has 72 valence electrons. The first kappa shape index (κ1) is 10.2. The zero-order chi connectivity index (χ0) is 9.84. The van der Waals surface area contributed by atoms with Crippen molar-refractivity contribution < 1.29 is 5.11 Å². The molecule has 13 heavy (non-hydrogen) atoms. The lowest BCUT2D eigenvalue weighted by Crippen LogP contribution is -2.26. The Bertz CT molecular complexity index is 263. The van der Waals surface area contributed by atoms with E-state index in [1.165, 1.54) is 16.7 Å². The highest BCUT2D eigenvalue weighted by atomic mass is 16.3. The largest absolute Gasteiger partial charge is 0.395 e. The number of aliphatic hydroxyl groups excluding tert-OH is 1. The van der Waals surface area contributed by atoms with Gasteiger partial charge in [0.2, 0.25) is 0 Å². The minimum absolute atomic E-state index is 0.0486. The molecule has 0 bridgehead atoms. The summed E-state index contributed by atoms with van der Waals surface area (Å²) in [5, 5.41) is 8.81. The van der Waals surface area contributed by atoms with E-state index in [4.69, 9.17) is 10.8 Å². The molecule has 0 amide bonds. The molecule has 1 aromatic carbocycles. The summed E-state index contributed by atoms with van der Waals surface area (Å²) in [4.78, 5) is 0. The van der Waals surface area contributed by atoms with Gasteiger partial charge in [-0.1, -0.05) is 29.3 Å². The second-order valence-corrected chi connectivity index (χ2v) is 3.64. The molecule has 2 heteroatoms. The van der Waals surface area contributed by atoms with Gasteiger partial charge in [-0.15, -0.1) is 0 Å². The van der Waals surface area contributed by atoms with Crippen LogP contribution in [0, 0.1) is 13.8 Å². The minimum Gasteiger partial charge on any atom is -0.395 e. The fourth-order valence-corrected chi connectivity index (χ4v) is 1.55. The Hall–Kier alpha value is -0.860. The van der Waals surface area contributed by atoms with Crippen LogP contribution >= 0.6 is 0 Å². The molecule has 0 heterocycles. The highest BCUT2D eigenvalue weighted by Crippen LogP contribution is 2.10. The molecule has 3 N–H and O–H groups in total. The van der Waals surface area contributed by atoms with E-state index in [2.05, 4.69) is 32.0 Å². The van der Waals surface area contributed by atoms with Crippen molar-refractivity contribution >= 4 is 0 Å². The van der Waals surface area contributed by atoms with Crippen molar-refractivity contribution in [1.82, 2.24) is 0 Å². The Balaban J connectivity index is 2.77. The summed E-state index contributed by atoms with van der Waals surface area (Å²) in [5.74, 6) is 0. The molecular formula is C11H17NO. The average molecular weight is 179 g/mol. The Kier molecular flexibility index (Phi) is 3.46. The summed E-state index contributed by atoms with van der Waals surface area (Å²) in [6, 6.07) is 6.22. The lowest BCUT2D eigenvalue weighted by Gasteiger charge is -2.09. The van der Waals surface area contributed by atoms with Gasteiger partial charge in [0, 0.05) is 6.04 Å². The van der Waals surface area contributed by atoms with Crippen LogP contribution in [0.25, 0.3) is 0 Å². The predicted molar refractivity (Wildman–Crippen MR) is 54.7 cm³/mol. The van der Waals surface area contributed by atoms with E-state index in [1.807, 2.05) is 0 Å². The molecule has 1 atom stereocenters. The van der Waals surface area contributed by atoms with Crippen LogP contribution in [-0.4, -0.2) is 17.8 Å². The maximum atomic E-state index is 8.81. The average Bonchev–Trinajstić information content (AvgIpc) is 2.02. The van der Waals surface area contributed by atoms with E-state index >= 15 is 0 Å². The summed E-state index contributed by atoms with van der Waals surface area (Å²) in [6.45, 7) is 4.19. The number of hydrogen-bond donors (Lipinski definition) is 2. The summed E-state index contributed by atoms with van der Waals surface area (Å²) in [7, 11) is 0. The number of hydrogen-bond acceptors (Lipinski definition) is 2. The molecule has 0 radical (unpaired) electrons. The highest BCUT2D eigenvalue weighted by Gasteiger charge is 2.02. The lowest BCUT2D eigenvalue weighted by molar-refractivity contribution is 0.265. The van der Waals surface area contributed by atoms with Crippen LogP contribution in [-0.2, 0) is 6.42 Å². The predicted octanol–water partition coefficient (Wildman–Crippen LogP) is 1.17. The van der Waals surface area contributed by atoms with Crippen molar-refractivity contribution in [3.63, 3.8) is 0 Å². The van der Waals surface area contributed by atoms with E-state index in [-0.39, 0.29) is 12.6 Å². The van der Waals surface area contributed by atoms with Crippen LogP contribution in [0.2, 0.25) is 0 Å². The highest BCUT2D eigenvalue weighted by molar-refractivity contribution is 5.29. The fraction of sp³-hybridized carbons (Fsp3) is 0.455. The second kappa shape index (κ2) is 4.40. The Morgan fingerprint density at radius 3 is 2.23 bits per heavy atom. The molecule has 0 aliphatic carbocycles. The van der Waals surface area contributed by atoms with E-state index in [0.29, 0.717) is 0 Å². The second-order valence-electron chi connectivity index (χ2n) is 3.64. The zero-order valence-corrected chi connectivity index (χ0v) is 8.25. The monoisotopic (exact) mass is 179 g/mol. The maximum Gasteiger partial charge on any atom is 0.0585 e. The van der Waals surface area contributed by atoms with Gasteiger partial charge in [-0.25, -0.2) is 0 Å². The van der Waals surface area contributed by atoms with Crippen molar-refractivity contribution in [2.45, 2.75) is 26.3 Å². The van der Waals surface area contributed by atoms with Crippen molar-refractivity contribution in [2.24, 2.45) is 5.73 Å². The van der Waals surface area contributed by atoms with Crippen molar-refractivity contribution in [3.05, 3.63) is 34.9 Å². The first-order valence-corrected chi connectivity index (χ1v) is 4.55. The number of benzene rings is 1. The summed E-state index contributed by atoms with van der Waals surface area (Å²) < 4.78 is 0. The van der Waals surface area contributed by atoms with Crippen molar-refractivity contribution in [3.8, 4) is 0 Å². The quantitative estimate of drug-likeness (QED) is 0.731. The Morgan fingerprint density at radius 1 is 1.23 bits per heavy atom. The maximum absolute atomic E-state index is 8.81. The SMILES string of the molecule is Cc1cc(C)cc(C[C@H](N)CO)c1. The minimum atomic E-state index is -0.138. The van der Waals surface area contributed by atoms with Crippen LogP contribution in [0.15, 0.2) is 18.2 Å². The third-order valence-corrected chi connectivity index (χ3v) is 2.01. The van der Waals surface area contributed by atoms with Gasteiger partial charge in [-0.2, -0.15) is 0 Å². The standard InChI is InChI=1S/C11H17NO/c1-8-3-9(2)5-10(4-8)6-11(12)7-13/h3-5,11,13H,6-7,12H2,1-2H3/t11-/m0/s1. The molecule has 0 fully saturated rings. The molecule has 0 aliphatic rings. The molecule has 0 saturated heterocycles. The van der Waals surface area contributed by atoms with E-state index in [9.17, 15) is 0 Å². The summed E-state index contributed by atoms with van der Waals surface area (Å²) in [6.07, 6.45) is 0.749. The van der Waals surface area contributed by atoms with Gasteiger partial charge in [0.05, 0.1) is 6.61 Å². The van der Waals surface area contributed by atoms with Crippen LogP contribution in [0.5, 0.6) is 0 Å². The van der Waals surface area contributed by atoms with Gasteiger partial charge < -0.3 is 10.8 Å². The van der Waals surface area contributed by atoms with Gasteiger partial charge in [0.1, 0.15) is 0 Å².